The highest BCUT2D eigenvalue weighted by Crippen LogP contribution is 2.07. The van der Waals surface area contributed by atoms with E-state index in [1.807, 2.05) is 6.07 Å². The molecule has 0 N–H and O–H groups in total. The van der Waals surface area contributed by atoms with Crippen LogP contribution in [0.25, 0.3) is 6.08 Å². The molecule has 1 aliphatic heterocycles. The summed E-state index contributed by atoms with van der Waals surface area (Å²) in [7, 11) is 0. The van der Waals surface area contributed by atoms with Crippen LogP contribution in [0.15, 0.2) is 36.4 Å². The summed E-state index contributed by atoms with van der Waals surface area (Å²) in [6, 6.07) is 10.4. The van der Waals surface area contributed by atoms with Crippen LogP contribution >= 0.6 is 0 Å². The second-order valence-corrected chi connectivity index (χ2v) is 3.96. The van der Waals surface area contributed by atoms with E-state index in [9.17, 15) is 0 Å². The summed E-state index contributed by atoms with van der Waals surface area (Å²) < 4.78 is 5.46. The third-order valence-corrected chi connectivity index (χ3v) is 2.53. The van der Waals surface area contributed by atoms with E-state index in [-0.39, 0.29) is 0 Å². The number of hydrogen-bond acceptors (Lipinski definition) is 2. The van der Waals surface area contributed by atoms with Gasteiger partial charge in [0.1, 0.15) is 0 Å². The molecule has 0 aromatic heterocycles. The summed E-state index contributed by atoms with van der Waals surface area (Å²) in [6.45, 7) is 4.89. The Hall–Kier alpha value is -1.12. The molecule has 1 saturated heterocycles. The van der Waals surface area contributed by atoms with Crippen LogP contribution in [0.1, 0.15) is 12.5 Å². The molecule has 2 heteroatoms. The lowest BCUT2D eigenvalue weighted by atomic mass is 10.2. The number of hydrogen-bond donors (Lipinski definition) is 0. The van der Waals surface area contributed by atoms with Crippen molar-refractivity contribution in [2.45, 2.75) is 13.0 Å². The van der Waals surface area contributed by atoms with Crippen LogP contribution < -0.4 is 0 Å². The van der Waals surface area contributed by atoms with Gasteiger partial charge in [-0.3, -0.25) is 4.90 Å². The lowest BCUT2D eigenvalue weighted by molar-refractivity contribution is 0.102. The van der Waals surface area contributed by atoms with Crippen molar-refractivity contribution in [3.63, 3.8) is 0 Å². The summed E-state index contributed by atoms with van der Waals surface area (Å²) in [5.41, 5.74) is 1.26. The third kappa shape index (κ3) is 3.18. The van der Waals surface area contributed by atoms with Gasteiger partial charge >= 0.3 is 0 Å². The van der Waals surface area contributed by atoms with E-state index in [1.54, 1.807) is 0 Å². The predicted molar refractivity (Wildman–Crippen MR) is 62.5 cm³/mol. The Balaban J connectivity index is 1.81. The van der Waals surface area contributed by atoms with Crippen molar-refractivity contribution < 1.29 is 4.74 Å². The lowest BCUT2D eigenvalue weighted by Gasteiger charge is -2.08. The normalized spacial score (nSPS) is 22.6. The molecule has 0 aliphatic carbocycles. The minimum absolute atomic E-state index is 0.384. The van der Waals surface area contributed by atoms with Gasteiger partial charge in [-0.15, -0.1) is 0 Å². The van der Waals surface area contributed by atoms with Gasteiger partial charge in [0.15, 0.2) is 0 Å². The van der Waals surface area contributed by atoms with E-state index in [1.165, 1.54) is 5.56 Å². The Morgan fingerprint density at radius 2 is 2.20 bits per heavy atom. The minimum atomic E-state index is 0.384. The summed E-state index contributed by atoms with van der Waals surface area (Å²) >= 11 is 0. The van der Waals surface area contributed by atoms with Crippen LogP contribution in [-0.4, -0.2) is 30.8 Å². The standard InChI is InChI=1S/C13H17NO/c1-12-10-14(11-15-12)9-5-8-13-6-3-2-4-7-13/h2-8,12H,9-11H2,1H3/b8-5+. The van der Waals surface area contributed by atoms with Gasteiger partial charge in [0.05, 0.1) is 12.8 Å². The molecular weight excluding hydrogens is 186 g/mol. The Morgan fingerprint density at radius 1 is 1.40 bits per heavy atom. The van der Waals surface area contributed by atoms with Crippen LogP contribution in [0, 0.1) is 0 Å². The first-order chi connectivity index (χ1) is 7.34. The minimum Gasteiger partial charge on any atom is -0.362 e. The third-order valence-electron chi connectivity index (χ3n) is 2.53. The van der Waals surface area contributed by atoms with E-state index in [2.05, 4.69) is 48.2 Å². The van der Waals surface area contributed by atoms with Crippen LogP contribution in [-0.2, 0) is 4.74 Å². The summed E-state index contributed by atoms with van der Waals surface area (Å²) in [5.74, 6) is 0. The van der Waals surface area contributed by atoms with Crippen molar-refractivity contribution in [3.05, 3.63) is 42.0 Å². The number of nitrogens with zero attached hydrogens (tertiary/aromatic N) is 1. The summed E-state index contributed by atoms with van der Waals surface area (Å²) in [6.07, 6.45) is 4.73. The Labute approximate surface area is 91.2 Å². The van der Waals surface area contributed by atoms with E-state index in [0.29, 0.717) is 6.10 Å². The van der Waals surface area contributed by atoms with Crippen molar-refractivity contribution in [1.29, 1.82) is 0 Å². The zero-order valence-corrected chi connectivity index (χ0v) is 9.10. The van der Waals surface area contributed by atoms with Gasteiger partial charge in [0.25, 0.3) is 0 Å². The molecule has 1 aromatic rings. The highest BCUT2D eigenvalue weighted by Gasteiger charge is 2.16. The first kappa shape index (κ1) is 10.4. The van der Waals surface area contributed by atoms with Crippen LogP contribution in [0.5, 0.6) is 0 Å². The SMILES string of the molecule is CC1CN(C/C=C/c2ccccc2)CO1. The van der Waals surface area contributed by atoms with Crippen molar-refractivity contribution >= 4 is 6.08 Å². The molecule has 1 atom stereocenters. The van der Waals surface area contributed by atoms with Gasteiger partial charge in [-0.25, -0.2) is 0 Å². The average Bonchev–Trinajstić information content (AvgIpc) is 2.66. The fourth-order valence-electron chi connectivity index (χ4n) is 1.73. The fraction of sp³-hybridized carbons (Fsp3) is 0.385. The van der Waals surface area contributed by atoms with Gasteiger partial charge in [0.2, 0.25) is 0 Å². The molecule has 0 spiro atoms. The summed E-state index contributed by atoms with van der Waals surface area (Å²) in [4.78, 5) is 2.30. The quantitative estimate of drug-likeness (QED) is 0.748. The second kappa shape index (κ2) is 5.10. The molecule has 15 heavy (non-hydrogen) atoms. The molecule has 0 saturated carbocycles. The van der Waals surface area contributed by atoms with Crippen LogP contribution in [0.2, 0.25) is 0 Å². The van der Waals surface area contributed by atoms with Crippen molar-refractivity contribution in [2.24, 2.45) is 0 Å². The Kier molecular flexibility index (Phi) is 3.54. The zero-order chi connectivity index (χ0) is 10.5. The molecule has 1 aromatic carbocycles. The molecule has 1 aliphatic rings. The monoisotopic (exact) mass is 203 g/mol. The van der Waals surface area contributed by atoms with Crippen molar-refractivity contribution in [3.8, 4) is 0 Å². The van der Waals surface area contributed by atoms with Gasteiger partial charge in [-0.05, 0) is 12.5 Å². The molecular formula is C13H17NO. The molecule has 1 fully saturated rings. The highest BCUT2D eigenvalue weighted by molar-refractivity contribution is 5.48. The van der Waals surface area contributed by atoms with E-state index in [4.69, 9.17) is 4.74 Å². The average molecular weight is 203 g/mol. The first-order valence-corrected chi connectivity index (χ1v) is 5.40. The van der Waals surface area contributed by atoms with Gasteiger partial charge in [0, 0.05) is 13.1 Å². The van der Waals surface area contributed by atoms with E-state index in [0.717, 1.165) is 19.8 Å². The maximum atomic E-state index is 5.46. The zero-order valence-electron chi connectivity index (χ0n) is 9.10. The number of ether oxygens (including phenoxy) is 1. The highest BCUT2D eigenvalue weighted by atomic mass is 16.5. The molecule has 2 nitrogen and oxygen atoms in total. The van der Waals surface area contributed by atoms with Gasteiger partial charge < -0.3 is 4.74 Å². The molecule has 1 unspecified atom stereocenters. The van der Waals surface area contributed by atoms with Crippen LogP contribution in [0.3, 0.4) is 0 Å². The first-order valence-electron chi connectivity index (χ1n) is 5.40. The van der Waals surface area contributed by atoms with E-state index < -0.39 is 0 Å². The smallest absolute Gasteiger partial charge is 0.0998 e. The number of benzene rings is 1. The molecule has 2 rings (SSSR count). The molecule has 1 heterocycles. The van der Waals surface area contributed by atoms with Gasteiger partial charge in [-0.1, -0.05) is 42.5 Å². The Morgan fingerprint density at radius 3 is 2.87 bits per heavy atom. The maximum absolute atomic E-state index is 5.46. The molecule has 0 bridgehead atoms. The largest absolute Gasteiger partial charge is 0.362 e. The topological polar surface area (TPSA) is 12.5 Å². The predicted octanol–water partition coefficient (Wildman–Crippen LogP) is 2.38. The molecule has 0 radical (unpaired) electrons. The molecule has 0 amide bonds. The van der Waals surface area contributed by atoms with E-state index >= 15 is 0 Å². The van der Waals surface area contributed by atoms with Crippen LogP contribution in [0.4, 0.5) is 0 Å². The fourth-order valence-corrected chi connectivity index (χ4v) is 1.73. The van der Waals surface area contributed by atoms with Crippen molar-refractivity contribution in [2.75, 3.05) is 19.8 Å². The summed E-state index contributed by atoms with van der Waals surface area (Å²) in [5, 5.41) is 0. The van der Waals surface area contributed by atoms with Crippen molar-refractivity contribution in [1.82, 2.24) is 4.90 Å². The number of rotatable bonds is 3. The second-order valence-electron chi connectivity index (χ2n) is 3.96. The van der Waals surface area contributed by atoms with Gasteiger partial charge in [-0.2, -0.15) is 0 Å². The maximum Gasteiger partial charge on any atom is 0.0998 e. The molecule has 80 valence electrons. The Bertz CT molecular complexity index is 321. The lowest BCUT2D eigenvalue weighted by Crippen LogP contribution is -2.21.